The second-order valence-corrected chi connectivity index (χ2v) is 14.3. The number of allylic oxidation sites excluding steroid dienone is 6. The van der Waals surface area contributed by atoms with E-state index in [1.54, 1.807) is 37.4 Å². The van der Waals surface area contributed by atoms with Crippen LogP contribution >= 0.6 is 15.9 Å². The number of ketones is 2. The van der Waals surface area contributed by atoms with Gasteiger partial charge < -0.3 is 23.9 Å². The minimum Gasteiger partial charge on any atom is -0.507 e. The van der Waals surface area contributed by atoms with E-state index < -0.39 is 40.5 Å². The van der Waals surface area contributed by atoms with Crippen LogP contribution in [0.2, 0.25) is 0 Å². The monoisotopic (exact) mass is 807 g/mol. The number of aromatic hydroxyl groups is 1. The number of fused-ring (bicyclic) bond motifs is 4. The van der Waals surface area contributed by atoms with Gasteiger partial charge in [0.05, 0.1) is 42.3 Å². The van der Waals surface area contributed by atoms with Crippen LogP contribution in [0.25, 0.3) is 11.0 Å². The van der Waals surface area contributed by atoms with E-state index >= 15 is 0 Å². The maximum Gasteiger partial charge on any atom is 0.347 e. The molecule has 2 atom stereocenters. The second kappa shape index (κ2) is 13.9. The number of Topliss-reactive ketones (excluding diaryl/α,β-unsaturated/α-hetero) is 1. The lowest BCUT2D eigenvalue weighted by atomic mass is 9.68. The summed E-state index contributed by atoms with van der Waals surface area (Å²) in [6.07, 6.45) is 2.93. The number of carbonyl (C=O) groups excluding carboxylic acids is 2. The Kier molecular flexibility index (Phi) is 9.04. The third kappa shape index (κ3) is 5.95. The quantitative estimate of drug-likeness (QED) is 0.170. The number of halogens is 1. The van der Waals surface area contributed by atoms with E-state index in [0.717, 1.165) is 10.1 Å². The van der Waals surface area contributed by atoms with Crippen molar-refractivity contribution < 1.29 is 28.9 Å². The van der Waals surface area contributed by atoms with E-state index in [4.69, 9.17) is 14.2 Å². The highest BCUT2D eigenvalue weighted by molar-refractivity contribution is 9.12. The molecule has 0 radical (unpaired) electrons. The number of ether oxygens (including phenoxy) is 3. The molecule has 280 valence electrons. The summed E-state index contributed by atoms with van der Waals surface area (Å²) in [5.41, 5.74) is 1.74. The first-order chi connectivity index (χ1) is 26.5. The van der Waals surface area contributed by atoms with Gasteiger partial charge in [0.25, 0.3) is 5.56 Å². The van der Waals surface area contributed by atoms with Crippen LogP contribution in [-0.4, -0.2) is 54.4 Å². The van der Waals surface area contributed by atoms with Crippen LogP contribution in [0.15, 0.2) is 108 Å². The van der Waals surface area contributed by atoms with E-state index in [1.807, 2.05) is 30.3 Å². The predicted octanol–water partition coefficient (Wildman–Crippen LogP) is 4.00. The average Bonchev–Trinajstić information content (AvgIpc) is 3.44. The van der Waals surface area contributed by atoms with Crippen molar-refractivity contribution in [3.63, 3.8) is 0 Å². The molecule has 3 aliphatic rings. The molecule has 0 saturated carbocycles. The summed E-state index contributed by atoms with van der Waals surface area (Å²) >= 11 is 3.23. The van der Waals surface area contributed by atoms with Crippen molar-refractivity contribution in [3.05, 3.63) is 142 Å². The molecule has 55 heavy (non-hydrogen) atoms. The molecule has 8 rings (SSSR count). The third-order valence-electron chi connectivity index (χ3n) is 10.5. The van der Waals surface area contributed by atoms with Crippen LogP contribution in [0, 0.1) is 0 Å². The molecule has 2 aromatic heterocycles. The van der Waals surface area contributed by atoms with Crippen molar-refractivity contribution in [3.8, 4) is 23.0 Å². The van der Waals surface area contributed by atoms with E-state index in [-0.39, 0.29) is 59.6 Å². The van der Waals surface area contributed by atoms with Crippen molar-refractivity contribution in [2.45, 2.75) is 44.5 Å². The van der Waals surface area contributed by atoms with E-state index in [0.29, 0.717) is 39.4 Å². The molecule has 14 nitrogen and oxygen atoms in total. The number of carbonyl (C=O) groups is 2. The molecule has 0 bridgehead atoms. The van der Waals surface area contributed by atoms with Crippen molar-refractivity contribution in [2.24, 2.45) is 7.05 Å². The lowest BCUT2D eigenvalue weighted by Gasteiger charge is -2.39. The standard InChI is InChI=1S/C40H34BrN5O9/c1-43-30-19-34(54-3)33(53-2)18-28(30)42-27(38(43)50)12-13-44-39(51)45-14-11-23-29(46(45)40(44)52)16-25-36(32(48)17-26(41)37(25)49)35(23)24-10-9-22(15-31(24)47)55-20-21-7-5-4-6-8-21/h4-11,15,17-19,29,35,47H,12-14,16,20H2,1-3H3/t29-,35-/m1/s1. The van der Waals surface area contributed by atoms with E-state index in [9.17, 15) is 29.1 Å². The first kappa shape index (κ1) is 35.8. The zero-order valence-corrected chi connectivity index (χ0v) is 31.5. The van der Waals surface area contributed by atoms with Gasteiger partial charge in [-0.3, -0.25) is 14.4 Å². The van der Waals surface area contributed by atoms with Crippen LogP contribution < -0.4 is 31.1 Å². The van der Waals surface area contributed by atoms with Gasteiger partial charge in [-0.2, -0.15) is 0 Å². The largest absolute Gasteiger partial charge is 0.507 e. The van der Waals surface area contributed by atoms with Crippen molar-refractivity contribution in [2.75, 3.05) is 14.2 Å². The first-order valence-electron chi connectivity index (χ1n) is 17.4. The van der Waals surface area contributed by atoms with Crippen molar-refractivity contribution >= 4 is 38.5 Å². The molecule has 3 aromatic carbocycles. The summed E-state index contributed by atoms with van der Waals surface area (Å²) in [7, 11) is 4.59. The number of hydrogen-bond donors (Lipinski definition) is 1. The van der Waals surface area contributed by atoms with Gasteiger partial charge in [-0.15, -0.1) is 0 Å². The summed E-state index contributed by atoms with van der Waals surface area (Å²) in [6.45, 7) is 0.108. The van der Waals surface area contributed by atoms with Gasteiger partial charge in [-0.1, -0.05) is 42.5 Å². The molecular formula is C40H34BrN5O9. The number of phenols is 1. The molecule has 15 heteroatoms. The maximum atomic E-state index is 14.2. The molecule has 0 unspecified atom stereocenters. The number of rotatable bonds is 9. The minimum atomic E-state index is -0.898. The van der Waals surface area contributed by atoms with Gasteiger partial charge in [0.15, 0.2) is 23.1 Å². The molecule has 0 fully saturated rings. The Morgan fingerprint density at radius 3 is 2.42 bits per heavy atom. The topological polar surface area (TPSA) is 166 Å². The number of nitrogens with zero attached hydrogens (tertiary/aromatic N) is 5. The Bertz CT molecular complexity index is 2740. The second-order valence-electron chi connectivity index (χ2n) is 13.4. The van der Waals surface area contributed by atoms with Crippen molar-refractivity contribution in [1.29, 1.82) is 0 Å². The minimum absolute atomic E-state index is 0.00958. The fraction of sp³-hybridized carbons (Fsp3) is 0.250. The fourth-order valence-corrected chi connectivity index (χ4v) is 8.21. The maximum absolute atomic E-state index is 14.2. The Balaban J connectivity index is 1.15. The number of aryl methyl sites for hydroxylation is 2. The number of methoxy groups -OCH3 is 2. The molecule has 5 aromatic rings. The van der Waals surface area contributed by atoms with Gasteiger partial charge in [0, 0.05) is 73.3 Å². The Morgan fingerprint density at radius 2 is 1.69 bits per heavy atom. The zero-order valence-electron chi connectivity index (χ0n) is 29.9. The Hall–Kier alpha value is -6.22. The van der Waals surface area contributed by atoms with Gasteiger partial charge in [0.1, 0.15) is 23.8 Å². The van der Waals surface area contributed by atoms with Crippen LogP contribution in [-0.2, 0) is 42.8 Å². The molecule has 0 saturated heterocycles. The SMILES string of the molecule is COc1cc2nc(CCn3c(=O)n4n(c3=O)[C@@H]3CC5=C(C(=O)C=C(Br)C5=O)[C@@H](c5ccc(OCc6ccccc6)cc5O)C3=CC4)c(=O)n(C)c2cc1OC. The van der Waals surface area contributed by atoms with E-state index in [2.05, 4.69) is 20.9 Å². The highest BCUT2D eigenvalue weighted by atomic mass is 79.9. The molecule has 1 N–H and O–H groups in total. The smallest absolute Gasteiger partial charge is 0.347 e. The van der Waals surface area contributed by atoms with Gasteiger partial charge in [-0.25, -0.2) is 28.5 Å². The Labute approximate surface area is 320 Å². The zero-order chi connectivity index (χ0) is 38.7. The molecule has 3 heterocycles. The van der Waals surface area contributed by atoms with Crippen LogP contribution in [0.5, 0.6) is 23.0 Å². The predicted molar refractivity (Wildman–Crippen MR) is 204 cm³/mol. The van der Waals surface area contributed by atoms with Crippen LogP contribution in [0.1, 0.15) is 35.2 Å². The third-order valence-corrected chi connectivity index (χ3v) is 11.0. The number of benzene rings is 3. The summed E-state index contributed by atoms with van der Waals surface area (Å²) < 4.78 is 21.9. The average molecular weight is 809 g/mol. The van der Waals surface area contributed by atoms with Gasteiger partial charge in [0.2, 0.25) is 0 Å². The lowest BCUT2D eigenvalue weighted by Crippen LogP contribution is -2.40. The lowest BCUT2D eigenvalue weighted by molar-refractivity contribution is -0.115. The summed E-state index contributed by atoms with van der Waals surface area (Å²) in [6, 6.07) is 16.8. The summed E-state index contributed by atoms with van der Waals surface area (Å²) in [5, 5.41) is 11.4. The number of hydrogen-bond acceptors (Lipinski definition) is 10. The van der Waals surface area contributed by atoms with Gasteiger partial charge in [-0.05, 0) is 33.1 Å². The highest BCUT2D eigenvalue weighted by Gasteiger charge is 2.45. The first-order valence-corrected chi connectivity index (χ1v) is 18.2. The summed E-state index contributed by atoms with van der Waals surface area (Å²) in [4.78, 5) is 73.3. The fourth-order valence-electron chi connectivity index (χ4n) is 7.76. The van der Waals surface area contributed by atoms with Crippen LogP contribution in [0.4, 0.5) is 0 Å². The van der Waals surface area contributed by atoms with Crippen molar-refractivity contribution in [1.82, 2.24) is 23.5 Å². The van der Waals surface area contributed by atoms with Gasteiger partial charge >= 0.3 is 11.4 Å². The Morgan fingerprint density at radius 1 is 0.945 bits per heavy atom. The summed E-state index contributed by atoms with van der Waals surface area (Å²) in [5.74, 6) is -0.619. The molecule has 0 spiro atoms. The molecule has 2 aliphatic carbocycles. The molecule has 0 amide bonds. The number of phenolic OH excluding ortho intramolecular Hbond substituents is 1. The molecule has 1 aliphatic heterocycles. The number of aromatic nitrogens is 5. The highest BCUT2D eigenvalue weighted by Crippen LogP contribution is 2.52. The van der Waals surface area contributed by atoms with E-state index in [1.165, 1.54) is 40.3 Å². The normalized spacial score (nSPS) is 17.7. The molecular weight excluding hydrogens is 774 g/mol. The van der Waals surface area contributed by atoms with Crippen LogP contribution in [0.3, 0.4) is 0 Å².